The molecule has 0 saturated carbocycles. The van der Waals surface area contributed by atoms with Crippen molar-refractivity contribution in [3.05, 3.63) is 102 Å². The quantitative estimate of drug-likeness (QED) is 0.150. The van der Waals surface area contributed by atoms with Crippen molar-refractivity contribution in [2.75, 3.05) is 25.1 Å². The molecule has 0 fully saturated rings. The largest absolute Gasteiger partial charge is 0.490 e. The van der Waals surface area contributed by atoms with Gasteiger partial charge in [0.05, 0.1) is 18.1 Å². The highest BCUT2D eigenvalue weighted by Crippen LogP contribution is 2.33. The second-order valence-electron chi connectivity index (χ2n) is 10.3. The zero-order chi connectivity index (χ0) is 32.0. The van der Waals surface area contributed by atoms with Crippen LogP contribution in [0.25, 0.3) is 22.0 Å². The van der Waals surface area contributed by atoms with E-state index in [2.05, 4.69) is 20.2 Å². The molecule has 1 heterocycles. The van der Waals surface area contributed by atoms with E-state index in [0.717, 1.165) is 16.3 Å². The number of sulfonamides is 1. The van der Waals surface area contributed by atoms with Crippen molar-refractivity contribution in [1.82, 2.24) is 14.9 Å². The highest BCUT2D eigenvalue weighted by molar-refractivity contribution is 7.89. The minimum absolute atomic E-state index is 0.171. The monoisotopic (exact) mass is 625 g/mol. The summed E-state index contributed by atoms with van der Waals surface area (Å²) in [5, 5.41) is 13.8. The molecule has 0 atom stereocenters. The van der Waals surface area contributed by atoms with Gasteiger partial charge in [-0.25, -0.2) is 13.1 Å². The predicted octanol–water partition coefficient (Wildman–Crippen LogP) is 5.77. The normalized spacial score (nSPS) is 11.4. The summed E-state index contributed by atoms with van der Waals surface area (Å²) >= 11 is 0. The molecule has 10 nitrogen and oxygen atoms in total. The Morgan fingerprint density at radius 3 is 2.27 bits per heavy atom. The van der Waals surface area contributed by atoms with Crippen LogP contribution < -0.4 is 25.2 Å². The van der Waals surface area contributed by atoms with Gasteiger partial charge in [-0.1, -0.05) is 42.5 Å². The Balaban J connectivity index is 1.38. The number of aromatic nitrogens is 2. The molecule has 5 aromatic rings. The molecule has 4 N–H and O–H groups in total. The average molecular weight is 626 g/mol. The summed E-state index contributed by atoms with van der Waals surface area (Å²) in [5.74, 6) is 1.31. The lowest BCUT2D eigenvalue weighted by molar-refractivity contribution is 0.100. The lowest BCUT2D eigenvalue weighted by Crippen LogP contribution is -2.26. The van der Waals surface area contributed by atoms with Gasteiger partial charge in [-0.15, -0.1) is 10.2 Å². The molecule has 0 radical (unpaired) electrons. The van der Waals surface area contributed by atoms with Crippen LogP contribution in [0, 0.1) is 6.92 Å². The summed E-state index contributed by atoms with van der Waals surface area (Å²) in [5.41, 5.74) is 9.17. The summed E-state index contributed by atoms with van der Waals surface area (Å²) in [6, 6.07) is 25.2. The van der Waals surface area contributed by atoms with Gasteiger partial charge >= 0.3 is 0 Å². The highest BCUT2D eigenvalue weighted by atomic mass is 32.2. The smallest absolute Gasteiger partial charge is 0.248 e. The van der Waals surface area contributed by atoms with E-state index in [4.69, 9.17) is 15.2 Å². The third-order valence-electron chi connectivity index (χ3n) is 7.18. The van der Waals surface area contributed by atoms with Gasteiger partial charge in [0.15, 0.2) is 17.3 Å². The standard InChI is InChI=1S/C34H35N5O5S/c1-4-43-29-17-11-23(20-30(29)44-5-2)18-19-36-45(41,42)31-21-25(12-10-22(31)3)32-27-8-6-7-9-28(27)34(39-38-32)37-26-15-13-24(14-16-26)33(35)40/h6-17,20-21,36H,4-5,18-19H2,1-3H3,(H2,35,40)(H,37,39). The Kier molecular flexibility index (Phi) is 9.60. The van der Waals surface area contributed by atoms with E-state index in [1.54, 1.807) is 43.3 Å². The third kappa shape index (κ3) is 7.22. The van der Waals surface area contributed by atoms with E-state index in [0.29, 0.717) is 65.0 Å². The second kappa shape index (κ2) is 13.7. The first-order chi connectivity index (χ1) is 21.7. The zero-order valence-electron chi connectivity index (χ0n) is 25.3. The Bertz CT molecular complexity index is 1950. The van der Waals surface area contributed by atoms with Crippen molar-refractivity contribution < 1.29 is 22.7 Å². The van der Waals surface area contributed by atoms with Crippen LogP contribution >= 0.6 is 0 Å². The SMILES string of the molecule is CCOc1ccc(CCNS(=O)(=O)c2cc(-c3nnc(Nc4ccc(C(N)=O)cc4)c4ccccc34)ccc2C)cc1OCC. The molecule has 0 aliphatic rings. The number of primary amides is 1. The molecule has 0 aliphatic carbocycles. The number of fused-ring (bicyclic) bond motifs is 1. The fraction of sp³-hybridized carbons (Fsp3) is 0.206. The molecule has 232 valence electrons. The van der Waals surface area contributed by atoms with Gasteiger partial charge in [-0.05, 0) is 80.8 Å². The Morgan fingerprint density at radius 2 is 1.56 bits per heavy atom. The van der Waals surface area contributed by atoms with Crippen LogP contribution in [0.4, 0.5) is 11.5 Å². The van der Waals surface area contributed by atoms with Crippen molar-refractivity contribution in [2.45, 2.75) is 32.1 Å². The molecule has 0 bridgehead atoms. The molecule has 0 unspecified atom stereocenters. The number of aryl methyl sites for hydroxylation is 1. The van der Waals surface area contributed by atoms with Crippen LogP contribution in [0.5, 0.6) is 11.5 Å². The molecule has 45 heavy (non-hydrogen) atoms. The number of anilines is 2. The fourth-order valence-corrected chi connectivity index (χ4v) is 6.26. The van der Waals surface area contributed by atoms with Gasteiger partial charge in [0.1, 0.15) is 5.69 Å². The van der Waals surface area contributed by atoms with Gasteiger partial charge in [0, 0.05) is 34.1 Å². The lowest BCUT2D eigenvalue weighted by Gasteiger charge is -2.14. The number of hydrogen-bond donors (Lipinski definition) is 3. The summed E-state index contributed by atoms with van der Waals surface area (Å²) in [7, 11) is -3.84. The Hall–Kier alpha value is -5.00. The molecule has 4 aromatic carbocycles. The zero-order valence-corrected chi connectivity index (χ0v) is 26.1. The van der Waals surface area contributed by atoms with Gasteiger partial charge in [0.2, 0.25) is 15.9 Å². The first kappa shape index (κ1) is 31.4. The first-order valence-corrected chi connectivity index (χ1v) is 16.1. The Morgan fingerprint density at radius 1 is 0.844 bits per heavy atom. The number of nitrogens with two attached hydrogens (primary N) is 1. The van der Waals surface area contributed by atoms with Gasteiger partial charge < -0.3 is 20.5 Å². The minimum Gasteiger partial charge on any atom is -0.490 e. The van der Waals surface area contributed by atoms with Crippen molar-refractivity contribution in [3.8, 4) is 22.8 Å². The highest BCUT2D eigenvalue weighted by Gasteiger charge is 2.20. The van der Waals surface area contributed by atoms with Crippen molar-refractivity contribution >= 4 is 38.2 Å². The van der Waals surface area contributed by atoms with Crippen LogP contribution in [-0.4, -0.2) is 44.3 Å². The van der Waals surface area contributed by atoms with Gasteiger partial charge in [-0.2, -0.15) is 0 Å². The molecule has 5 rings (SSSR count). The summed E-state index contributed by atoms with van der Waals surface area (Å²) in [4.78, 5) is 11.6. The number of amides is 1. The van der Waals surface area contributed by atoms with Gasteiger partial charge in [0.25, 0.3) is 0 Å². The molecule has 0 spiro atoms. The van der Waals surface area contributed by atoms with E-state index in [-0.39, 0.29) is 11.4 Å². The predicted molar refractivity (Wildman–Crippen MR) is 176 cm³/mol. The maximum Gasteiger partial charge on any atom is 0.248 e. The second-order valence-corrected chi connectivity index (χ2v) is 12.0. The topological polar surface area (TPSA) is 146 Å². The number of carbonyl (C=O) groups is 1. The van der Waals surface area contributed by atoms with E-state index >= 15 is 0 Å². The van der Waals surface area contributed by atoms with E-state index in [1.807, 2.05) is 62.4 Å². The summed E-state index contributed by atoms with van der Waals surface area (Å²) < 4.78 is 41.1. The fourth-order valence-electron chi connectivity index (χ4n) is 4.96. The number of carbonyl (C=O) groups excluding carboxylic acids is 1. The number of nitrogens with one attached hydrogen (secondary N) is 2. The van der Waals surface area contributed by atoms with Crippen molar-refractivity contribution in [1.29, 1.82) is 0 Å². The van der Waals surface area contributed by atoms with Crippen LogP contribution in [0.2, 0.25) is 0 Å². The Labute approximate surface area is 262 Å². The maximum atomic E-state index is 13.5. The molecule has 0 saturated heterocycles. The van der Waals surface area contributed by atoms with E-state index < -0.39 is 15.9 Å². The number of hydrogen-bond acceptors (Lipinski definition) is 8. The molecule has 1 aromatic heterocycles. The number of nitrogens with zero attached hydrogens (tertiary/aromatic N) is 2. The van der Waals surface area contributed by atoms with Gasteiger partial charge in [-0.3, -0.25) is 4.79 Å². The van der Waals surface area contributed by atoms with Crippen LogP contribution in [-0.2, 0) is 16.4 Å². The molecule has 1 amide bonds. The lowest BCUT2D eigenvalue weighted by atomic mass is 10.0. The summed E-state index contributed by atoms with van der Waals surface area (Å²) in [6.07, 6.45) is 0.472. The van der Waals surface area contributed by atoms with Crippen molar-refractivity contribution in [3.63, 3.8) is 0 Å². The number of rotatable bonds is 13. The van der Waals surface area contributed by atoms with Crippen LogP contribution in [0.15, 0.2) is 89.8 Å². The molecular formula is C34H35N5O5S. The molecule has 11 heteroatoms. The van der Waals surface area contributed by atoms with Crippen molar-refractivity contribution in [2.24, 2.45) is 5.73 Å². The molecule has 0 aliphatic heterocycles. The number of benzene rings is 4. The van der Waals surface area contributed by atoms with E-state index in [9.17, 15) is 13.2 Å². The van der Waals surface area contributed by atoms with E-state index in [1.165, 1.54) is 0 Å². The maximum absolute atomic E-state index is 13.5. The molecular weight excluding hydrogens is 590 g/mol. The van der Waals surface area contributed by atoms with Crippen LogP contribution in [0.3, 0.4) is 0 Å². The average Bonchev–Trinajstić information content (AvgIpc) is 3.03. The third-order valence-corrected chi connectivity index (χ3v) is 8.79. The minimum atomic E-state index is -3.84. The number of ether oxygens (including phenoxy) is 2. The first-order valence-electron chi connectivity index (χ1n) is 14.6. The summed E-state index contributed by atoms with van der Waals surface area (Å²) in [6.45, 7) is 6.80. The van der Waals surface area contributed by atoms with Crippen LogP contribution in [0.1, 0.15) is 35.3 Å².